The second-order valence-electron chi connectivity index (χ2n) is 2.02. The van der Waals surface area contributed by atoms with Gasteiger partial charge in [-0.1, -0.05) is 0 Å². The van der Waals surface area contributed by atoms with E-state index in [0.717, 1.165) is 12.3 Å². The van der Waals surface area contributed by atoms with Crippen molar-refractivity contribution < 1.29 is 18.3 Å². The lowest BCUT2D eigenvalue weighted by atomic mass is 10.4. The van der Waals surface area contributed by atoms with E-state index in [4.69, 9.17) is 5.73 Å². The fourth-order valence-electron chi connectivity index (χ4n) is 0.459. The first-order valence-electron chi connectivity index (χ1n) is 3.40. The van der Waals surface area contributed by atoms with Crippen molar-refractivity contribution in [3.05, 3.63) is 11.8 Å². The Morgan fingerprint density at radius 3 is 2.77 bits per heavy atom. The van der Waals surface area contributed by atoms with Crippen LogP contribution in [-0.2, 0) is 9.53 Å². The Morgan fingerprint density at radius 2 is 2.31 bits per heavy atom. The number of esters is 1. The van der Waals surface area contributed by atoms with Gasteiger partial charge >= 0.3 is 5.97 Å². The molecule has 0 aliphatic heterocycles. The molecule has 74 valence electrons. The molecule has 0 unspecified atom stereocenters. The predicted molar refractivity (Wildman–Crippen MR) is 43.6 cm³/mol. The van der Waals surface area contributed by atoms with Crippen LogP contribution in [0.15, 0.2) is 16.8 Å². The molecule has 0 atom stereocenters. The van der Waals surface area contributed by atoms with Crippen LogP contribution in [0, 0.1) is 0 Å². The predicted octanol–water partition coefficient (Wildman–Crippen LogP) is 0.338. The molecular weight excluding hydrogens is 182 g/mol. The van der Waals surface area contributed by atoms with Crippen molar-refractivity contribution in [1.29, 1.82) is 0 Å². The number of carbonyl (C=O) groups excluding carboxylic acids is 1. The fraction of sp³-hybridized carbons (Fsp3) is 0.429. The van der Waals surface area contributed by atoms with Gasteiger partial charge < -0.3 is 10.5 Å². The number of nitrogens with two attached hydrogens (primary N) is 1. The zero-order valence-electron chi connectivity index (χ0n) is 7.04. The quantitative estimate of drug-likeness (QED) is 0.397. The number of ether oxygens (including phenoxy) is 1. The van der Waals surface area contributed by atoms with Crippen molar-refractivity contribution >= 4 is 12.2 Å². The van der Waals surface area contributed by atoms with Crippen LogP contribution in [0.1, 0.15) is 0 Å². The number of aliphatic imine (C=N–C) groups is 1. The van der Waals surface area contributed by atoms with Gasteiger partial charge in [0, 0.05) is 6.21 Å². The lowest BCUT2D eigenvalue weighted by molar-refractivity contribution is -0.136. The minimum atomic E-state index is -2.50. The molecule has 0 saturated carbocycles. The van der Waals surface area contributed by atoms with E-state index < -0.39 is 18.9 Å². The van der Waals surface area contributed by atoms with Crippen LogP contribution in [0.4, 0.5) is 8.78 Å². The summed E-state index contributed by atoms with van der Waals surface area (Å²) < 4.78 is 27.3. The third kappa shape index (κ3) is 5.77. The summed E-state index contributed by atoms with van der Waals surface area (Å²) in [5, 5.41) is 0. The van der Waals surface area contributed by atoms with Crippen LogP contribution in [0.5, 0.6) is 0 Å². The first-order valence-corrected chi connectivity index (χ1v) is 3.40. The van der Waals surface area contributed by atoms with E-state index in [1.54, 1.807) is 0 Å². The molecule has 6 heteroatoms. The molecule has 0 aromatic carbocycles. The topological polar surface area (TPSA) is 64.7 Å². The Kier molecular flexibility index (Phi) is 5.42. The van der Waals surface area contributed by atoms with Gasteiger partial charge in [0.25, 0.3) is 6.43 Å². The Labute approximate surface area is 74.1 Å². The molecule has 0 rings (SSSR count). The number of hydrogen-bond donors (Lipinski definition) is 1. The molecule has 0 saturated heterocycles. The third-order valence-electron chi connectivity index (χ3n) is 1.02. The van der Waals surface area contributed by atoms with E-state index in [1.165, 1.54) is 7.11 Å². The number of carbonyl (C=O) groups is 1. The molecule has 0 aromatic heterocycles. The van der Waals surface area contributed by atoms with Gasteiger partial charge in [0.05, 0.1) is 13.7 Å². The molecule has 0 heterocycles. The van der Waals surface area contributed by atoms with Crippen LogP contribution in [0.3, 0.4) is 0 Å². The van der Waals surface area contributed by atoms with Gasteiger partial charge in [0.2, 0.25) is 0 Å². The highest BCUT2D eigenvalue weighted by molar-refractivity contribution is 5.92. The fourth-order valence-corrected chi connectivity index (χ4v) is 0.459. The van der Waals surface area contributed by atoms with Crippen LogP contribution in [0.25, 0.3) is 0 Å². The van der Waals surface area contributed by atoms with E-state index in [9.17, 15) is 13.6 Å². The summed E-state index contributed by atoms with van der Waals surface area (Å²) in [5.74, 6) is -0.719. The maximum Gasteiger partial charge on any atom is 0.353 e. The average Bonchev–Trinajstić information content (AvgIpc) is 2.10. The Bertz CT molecular complexity index is 227. The number of methoxy groups -OCH3 is 1. The van der Waals surface area contributed by atoms with E-state index >= 15 is 0 Å². The molecule has 0 bridgehead atoms. The van der Waals surface area contributed by atoms with Crippen LogP contribution in [-0.4, -0.2) is 32.3 Å². The molecule has 13 heavy (non-hydrogen) atoms. The van der Waals surface area contributed by atoms with Crippen molar-refractivity contribution in [3.63, 3.8) is 0 Å². The Morgan fingerprint density at radius 1 is 1.69 bits per heavy atom. The highest BCUT2D eigenvalue weighted by atomic mass is 19.3. The Hall–Kier alpha value is -1.46. The Balaban J connectivity index is 3.96. The summed E-state index contributed by atoms with van der Waals surface area (Å²) in [6.45, 7) is -0.606. The molecule has 4 nitrogen and oxygen atoms in total. The van der Waals surface area contributed by atoms with Gasteiger partial charge in [-0.2, -0.15) is 0 Å². The number of rotatable bonds is 4. The van der Waals surface area contributed by atoms with Crippen LogP contribution in [0.2, 0.25) is 0 Å². The zero-order valence-corrected chi connectivity index (χ0v) is 7.04. The minimum absolute atomic E-state index is 0.180. The van der Waals surface area contributed by atoms with E-state index in [0.29, 0.717) is 0 Å². The summed E-state index contributed by atoms with van der Waals surface area (Å²) in [7, 11) is 1.17. The molecule has 0 aromatic rings. The molecule has 0 spiro atoms. The standard InChI is InChI=1S/C7H10F2N2O2/c1-13-7(12)5(10)2-3-11-4-6(8)9/h2-3,6H,4,10H2,1H3. The highest BCUT2D eigenvalue weighted by Crippen LogP contribution is 1.91. The lowest BCUT2D eigenvalue weighted by Gasteiger charge is -1.95. The lowest BCUT2D eigenvalue weighted by Crippen LogP contribution is -2.12. The molecule has 0 amide bonds. The summed E-state index contributed by atoms with van der Waals surface area (Å²) >= 11 is 0. The molecular formula is C7H10F2N2O2. The van der Waals surface area contributed by atoms with E-state index in [2.05, 4.69) is 9.73 Å². The monoisotopic (exact) mass is 192 g/mol. The highest BCUT2D eigenvalue weighted by Gasteiger charge is 2.01. The molecule has 0 aliphatic rings. The first-order chi connectivity index (χ1) is 6.07. The second kappa shape index (κ2) is 6.10. The molecule has 2 N–H and O–H groups in total. The minimum Gasteiger partial charge on any atom is -0.464 e. The smallest absolute Gasteiger partial charge is 0.353 e. The van der Waals surface area contributed by atoms with Gasteiger partial charge in [-0.05, 0) is 6.08 Å². The van der Waals surface area contributed by atoms with Gasteiger partial charge in [-0.15, -0.1) is 0 Å². The SMILES string of the molecule is COC(=O)C(N)=CC=NCC(F)F. The first kappa shape index (κ1) is 11.5. The number of nitrogens with zero attached hydrogens (tertiary/aromatic N) is 1. The number of halogens is 2. The molecule has 0 fully saturated rings. The second-order valence-corrected chi connectivity index (χ2v) is 2.02. The normalized spacial score (nSPS) is 12.5. The van der Waals surface area contributed by atoms with Crippen molar-refractivity contribution in [2.75, 3.05) is 13.7 Å². The maximum absolute atomic E-state index is 11.5. The maximum atomic E-state index is 11.5. The summed E-state index contributed by atoms with van der Waals surface area (Å²) in [6.07, 6.45) is -0.351. The third-order valence-corrected chi connectivity index (χ3v) is 1.02. The van der Waals surface area contributed by atoms with Crippen LogP contribution >= 0.6 is 0 Å². The van der Waals surface area contributed by atoms with Crippen molar-refractivity contribution in [2.24, 2.45) is 10.7 Å². The van der Waals surface area contributed by atoms with Gasteiger partial charge in [-0.25, -0.2) is 13.6 Å². The van der Waals surface area contributed by atoms with Gasteiger partial charge in [-0.3, -0.25) is 4.99 Å². The van der Waals surface area contributed by atoms with Crippen LogP contribution < -0.4 is 5.73 Å². The number of hydrogen-bond acceptors (Lipinski definition) is 4. The average molecular weight is 192 g/mol. The summed E-state index contributed by atoms with van der Waals surface area (Å²) in [4.78, 5) is 13.9. The van der Waals surface area contributed by atoms with Gasteiger partial charge in [0.1, 0.15) is 5.70 Å². The molecule has 0 radical (unpaired) electrons. The van der Waals surface area contributed by atoms with E-state index in [1.807, 2.05) is 0 Å². The van der Waals surface area contributed by atoms with Gasteiger partial charge in [0.15, 0.2) is 0 Å². The largest absolute Gasteiger partial charge is 0.464 e. The van der Waals surface area contributed by atoms with Crippen molar-refractivity contribution in [1.82, 2.24) is 0 Å². The van der Waals surface area contributed by atoms with Crippen molar-refractivity contribution in [3.8, 4) is 0 Å². The number of alkyl halides is 2. The number of allylic oxidation sites excluding steroid dienone is 1. The molecule has 0 aliphatic carbocycles. The van der Waals surface area contributed by atoms with E-state index in [-0.39, 0.29) is 5.70 Å². The zero-order chi connectivity index (χ0) is 10.3. The van der Waals surface area contributed by atoms with Crippen molar-refractivity contribution in [2.45, 2.75) is 6.43 Å². The summed E-state index contributed by atoms with van der Waals surface area (Å²) in [6, 6.07) is 0. The summed E-state index contributed by atoms with van der Waals surface area (Å²) in [5.41, 5.74) is 4.97.